The lowest BCUT2D eigenvalue weighted by Gasteiger charge is -2.17. The number of halogens is 1. The number of aliphatic hydroxyl groups is 3. The van der Waals surface area contributed by atoms with E-state index in [0.29, 0.717) is 0 Å². The number of aliphatic hydroxyl groups excluding tert-OH is 3. The predicted octanol–water partition coefficient (Wildman–Crippen LogP) is -4.38. The van der Waals surface area contributed by atoms with Crippen LogP contribution in [-0.4, -0.2) is 35.1 Å². The molecule has 15 heavy (non-hydrogen) atoms. The molecule has 0 atom stereocenters. The number of rotatable bonds is 0. The van der Waals surface area contributed by atoms with Crippen LogP contribution in [0.5, 0.6) is 0 Å². The first-order valence-electron chi connectivity index (χ1n) is 3.69. The van der Waals surface area contributed by atoms with Crippen LogP contribution in [0.1, 0.15) is 20.8 Å². The fraction of sp³-hybridized carbons (Fsp3) is 1.00. The predicted molar refractivity (Wildman–Crippen MR) is 44.3 cm³/mol. The zero-order valence-electron chi connectivity index (χ0n) is 9.47. The fourth-order valence-corrected chi connectivity index (χ4v) is 0. The molecule has 0 aliphatic rings. The highest BCUT2D eigenvalue weighted by molar-refractivity contribution is 3.84. The van der Waals surface area contributed by atoms with Crippen molar-refractivity contribution < 1.29 is 44.2 Å². The van der Waals surface area contributed by atoms with Crippen LogP contribution < -0.4 is 24.8 Å². The third-order valence-corrected chi connectivity index (χ3v) is 0. The van der Waals surface area contributed by atoms with Crippen molar-refractivity contribution in [1.29, 1.82) is 0 Å². The molecule has 0 spiro atoms. The van der Waals surface area contributed by atoms with Gasteiger partial charge < -0.3 is 21.5 Å². The molecule has 0 heterocycles. The van der Waals surface area contributed by atoms with Gasteiger partial charge in [0.1, 0.15) is 0 Å². The molecule has 0 unspecified atom stereocenters. The Kier molecular flexibility index (Phi) is 57.2. The van der Waals surface area contributed by atoms with E-state index in [1.165, 1.54) is 0 Å². The lowest BCUT2D eigenvalue weighted by atomic mass is 10.9. The molecule has 0 aromatic rings. The van der Waals surface area contributed by atoms with Crippen molar-refractivity contribution in [1.82, 2.24) is 6.15 Å². The molecule has 0 aliphatic carbocycles. The maximum atomic E-state index is 8.49. The van der Waals surface area contributed by atoms with Crippen molar-refractivity contribution in [2.75, 3.05) is 19.8 Å². The Labute approximate surface area is 91.7 Å². The van der Waals surface area contributed by atoms with E-state index in [1.807, 2.05) is 0 Å². The van der Waals surface area contributed by atoms with Gasteiger partial charge in [-0.15, -0.1) is 10.2 Å². The van der Waals surface area contributed by atoms with E-state index >= 15 is 0 Å². The molecule has 0 rings (SSSR count). The average molecular weight is 256 g/mol. The Bertz CT molecular complexity index is 60.2. The highest BCUT2D eigenvalue weighted by Crippen LogP contribution is 1.49. The summed E-state index contributed by atoms with van der Waals surface area (Å²) in [5.74, 6) is 0. The molecular formula is C6H22ClNO7. The topological polar surface area (TPSA) is 189 Å². The van der Waals surface area contributed by atoms with E-state index in [-0.39, 0.29) is 26.0 Å². The van der Waals surface area contributed by atoms with Gasteiger partial charge in [0, 0.05) is 19.8 Å². The molecule has 9 heteroatoms. The summed E-state index contributed by atoms with van der Waals surface area (Å²) >= 11 is 0. The van der Waals surface area contributed by atoms with E-state index < -0.39 is 10.2 Å². The van der Waals surface area contributed by atoms with Crippen LogP contribution in [0.3, 0.4) is 0 Å². The van der Waals surface area contributed by atoms with Crippen LogP contribution in [0, 0.1) is 10.2 Å². The van der Waals surface area contributed by atoms with Crippen molar-refractivity contribution in [2.45, 2.75) is 20.8 Å². The Balaban J connectivity index is -0.0000000300. The van der Waals surface area contributed by atoms with E-state index in [0.717, 1.165) is 0 Å². The number of quaternary nitrogens is 1. The zero-order chi connectivity index (χ0) is 12.6. The van der Waals surface area contributed by atoms with Gasteiger partial charge >= 0.3 is 0 Å². The number of hydrogen-bond acceptors (Lipinski definition) is 7. The Hall–Kier alpha value is -0.0300. The van der Waals surface area contributed by atoms with Crippen LogP contribution in [0.4, 0.5) is 0 Å². The van der Waals surface area contributed by atoms with E-state index in [1.54, 1.807) is 20.8 Å². The van der Waals surface area contributed by atoms with Crippen LogP contribution in [0.2, 0.25) is 0 Å². The van der Waals surface area contributed by atoms with Gasteiger partial charge in [0.15, 0.2) is 0 Å². The average Bonchev–Trinajstić information content (AvgIpc) is 1.86. The molecule has 100 valence electrons. The van der Waals surface area contributed by atoms with E-state index in [2.05, 4.69) is 0 Å². The lowest BCUT2D eigenvalue weighted by molar-refractivity contribution is -2.00. The van der Waals surface area contributed by atoms with Gasteiger partial charge in [-0.25, -0.2) is 18.6 Å². The van der Waals surface area contributed by atoms with Gasteiger partial charge in [0.25, 0.3) is 0 Å². The first kappa shape index (κ1) is 29.4. The normalized spacial score (nSPS) is 7.60. The fourth-order valence-electron chi connectivity index (χ4n) is 0. The molecule has 0 bridgehead atoms. The maximum absolute atomic E-state index is 8.49. The van der Waals surface area contributed by atoms with Crippen molar-refractivity contribution in [3.63, 3.8) is 0 Å². The monoisotopic (exact) mass is 255 g/mol. The molecular weight excluding hydrogens is 234 g/mol. The van der Waals surface area contributed by atoms with Crippen molar-refractivity contribution >= 4 is 0 Å². The second-order valence-electron chi connectivity index (χ2n) is 1.33. The lowest BCUT2D eigenvalue weighted by Crippen LogP contribution is -2.68. The Morgan fingerprint density at radius 2 is 0.733 bits per heavy atom. The van der Waals surface area contributed by atoms with Crippen LogP contribution in [-0.2, 0) is 0 Å². The molecule has 0 radical (unpaired) electrons. The summed E-state index contributed by atoms with van der Waals surface area (Å²) in [7, 11) is -4.94. The molecule has 0 saturated heterocycles. The van der Waals surface area contributed by atoms with E-state index in [4.69, 9.17) is 34.0 Å². The van der Waals surface area contributed by atoms with Crippen molar-refractivity contribution in [3.8, 4) is 0 Å². The second-order valence-corrected chi connectivity index (χ2v) is 2.08. The maximum Gasteiger partial charge on any atom is 0.0402 e. The Morgan fingerprint density at radius 3 is 0.733 bits per heavy atom. The molecule has 8 nitrogen and oxygen atoms in total. The minimum Gasteiger partial charge on any atom is -0.397 e. The third-order valence-electron chi connectivity index (χ3n) is 0. The molecule has 0 amide bonds. The van der Waals surface area contributed by atoms with Crippen LogP contribution >= 0.6 is 0 Å². The first-order valence-corrected chi connectivity index (χ1v) is 4.92. The summed E-state index contributed by atoms with van der Waals surface area (Å²) in [6.07, 6.45) is 0. The standard InChI is InChI=1S/3C2H6O.ClHO4.H3N/c3*1-2-3;2-1(3,4)5;/h3*3H,2H2,1H3;(H,2,3,4,5);1H3. The summed E-state index contributed by atoms with van der Waals surface area (Å²) in [6, 6.07) is 0. The summed E-state index contributed by atoms with van der Waals surface area (Å²) in [4.78, 5) is 0. The summed E-state index contributed by atoms with van der Waals surface area (Å²) in [5, 5.41) is 22.7. The van der Waals surface area contributed by atoms with Gasteiger partial charge in [-0.1, -0.05) is 0 Å². The minimum atomic E-state index is -4.94. The SMILES string of the molecule is CCO.CCO.CCO.[NH4+].[O-][Cl+3]([O-])([O-])[O-]. The molecule has 0 aliphatic heterocycles. The van der Waals surface area contributed by atoms with Gasteiger partial charge in [0.05, 0.1) is 0 Å². The van der Waals surface area contributed by atoms with Gasteiger partial charge in [0.2, 0.25) is 0 Å². The summed E-state index contributed by atoms with van der Waals surface area (Å²) in [6.45, 7) is 5.79. The van der Waals surface area contributed by atoms with Crippen LogP contribution in [0.25, 0.3) is 0 Å². The first-order chi connectivity index (χ1) is 6.24. The largest absolute Gasteiger partial charge is 0.397 e. The molecule has 0 aromatic carbocycles. The van der Waals surface area contributed by atoms with Gasteiger partial charge in [-0.05, 0) is 20.8 Å². The Morgan fingerprint density at radius 1 is 0.733 bits per heavy atom. The zero-order valence-corrected chi connectivity index (χ0v) is 10.2. The van der Waals surface area contributed by atoms with Crippen molar-refractivity contribution in [3.05, 3.63) is 0 Å². The highest BCUT2D eigenvalue weighted by atomic mass is 35.7. The van der Waals surface area contributed by atoms with E-state index in [9.17, 15) is 0 Å². The minimum absolute atomic E-state index is 0. The smallest absolute Gasteiger partial charge is 0.0402 e. The number of hydrogen-bond donors (Lipinski definition) is 4. The molecule has 7 N–H and O–H groups in total. The quantitative estimate of drug-likeness (QED) is 0.336. The summed E-state index contributed by atoms with van der Waals surface area (Å²) in [5.41, 5.74) is 0. The summed E-state index contributed by atoms with van der Waals surface area (Å²) < 4.78 is 34.0. The van der Waals surface area contributed by atoms with Crippen molar-refractivity contribution in [2.24, 2.45) is 0 Å². The molecule has 0 saturated carbocycles. The third kappa shape index (κ3) is 2220000. The van der Waals surface area contributed by atoms with Crippen LogP contribution in [0.15, 0.2) is 0 Å². The molecule has 0 fully saturated rings. The second kappa shape index (κ2) is 29.2. The van der Waals surface area contributed by atoms with Gasteiger partial charge in [-0.2, -0.15) is 0 Å². The highest BCUT2D eigenvalue weighted by Gasteiger charge is 1.84. The molecule has 0 aromatic heterocycles. The van der Waals surface area contributed by atoms with Gasteiger partial charge in [-0.3, -0.25) is 0 Å².